The largest absolute Gasteiger partial charge is 0.354 e. The van der Waals surface area contributed by atoms with Gasteiger partial charge >= 0.3 is 0 Å². The summed E-state index contributed by atoms with van der Waals surface area (Å²) in [5.41, 5.74) is 1.91. The molecule has 2 heterocycles. The maximum absolute atomic E-state index is 12.3. The average molecular weight is 379 g/mol. The smallest absolute Gasteiger partial charge is 0.251 e. The first-order chi connectivity index (χ1) is 13.6. The zero-order valence-electron chi connectivity index (χ0n) is 16.8. The summed E-state index contributed by atoms with van der Waals surface area (Å²) in [6.07, 6.45) is 6.13. The van der Waals surface area contributed by atoms with Gasteiger partial charge in [-0.25, -0.2) is 4.98 Å². The van der Waals surface area contributed by atoms with E-state index in [4.69, 9.17) is 0 Å². The molecule has 1 saturated heterocycles. The highest BCUT2D eigenvalue weighted by molar-refractivity contribution is 5.94. The molecule has 1 aliphatic rings. The first-order valence-electron chi connectivity index (χ1n) is 10.0. The number of pyridine rings is 1. The molecule has 28 heavy (non-hydrogen) atoms. The molecule has 5 nitrogen and oxygen atoms in total. The fraction of sp³-hybridized carbons (Fsp3) is 0.391. The fourth-order valence-electron chi connectivity index (χ4n) is 3.19. The van der Waals surface area contributed by atoms with Crippen LogP contribution in [0.15, 0.2) is 54.7 Å². The summed E-state index contributed by atoms with van der Waals surface area (Å²) < 4.78 is 0. The predicted molar refractivity (Wildman–Crippen MR) is 116 cm³/mol. The molecule has 0 radical (unpaired) electrons. The summed E-state index contributed by atoms with van der Waals surface area (Å²) in [6.45, 7) is 9.64. The highest BCUT2D eigenvalue weighted by atomic mass is 16.1. The third-order valence-electron chi connectivity index (χ3n) is 4.85. The Morgan fingerprint density at radius 2 is 1.89 bits per heavy atom. The van der Waals surface area contributed by atoms with E-state index < -0.39 is 0 Å². The number of rotatable bonds is 7. The van der Waals surface area contributed by atoms with Crippen LogP contribution in [-0.4, -0.2) is 55.1 Å². The van der Waals surface area contributed by atoms with Gasteiger partial charge in [-0.05, 0) is 23.6 Å². The summed E-state index contributed by atoms with van der Waals surface area (Å²) >= 11 is 0. The molecule has 1 fully saturated rings. The summed E-state index contributed by atoms with van der Waals surface area (Å²) in [6, 6.07) is 14.1. The topological polar surface area (TPSA) is 48.5 Å². The number of anilines is 1. The van der Waals surface area contributed by atoms with Gasteiger partial charge in [0.2, 0.25) is 0 Å². The minimum absolute atomic E-state index is 0.0259. The number of hydrogen-bond acceptors (Lipinski definition) is 4. The molecule has 1 amide bonds. The van der Waals surface area contributed by atoms with E-state index in [1.165, 1.54) is 5.56 Å². The van der Waals surface area contributed by atoms with Crippen LogP contribution in [0.25, 0.3) is 6.08 Å². The van der Waals surface area contributed by atoms with E-state index in [1.54, 1.807) is 12.3 Å². The van der Waals surface area contributed by atoms with Crippen LogP contribution in [-0.2, 0) is 0 Å². The number of amides is 1. The number of nitrogens with one attached hydrogen (secondary N) is 1. The third kappa shape index (κ3) is 5.92. The molecule has 1 aliphatic heterocycles. The molecule has 0 aliphatic carbocycles. The molecule has 0 bridgehead atoms. The second-order valence-corrected chi connectivity index (χ2v) is 7.61. The Morgan fingerprint density at radius 1 is 1.14 bits per heavy atom. The number of carbonyl (C=O) groups excluding carboxylic acids is 1. The summed E-state index contributed by atoms with van der Waals surface area (Å²) in [5.74, 6) is 1.30. The Morgan fingerprint density at radius 3 is 2.61 bits per heavy atom. The monoisotopic (exact) mass is 378 g/mol. The maximum atomic E-state index is 12.3. The van der Waals surface area contributed by atoms with Gasteiger partial charge < -0.3 is 10.2 Å². The fourth-order valence-corrected chi connectivity index (χ4v) is 3.19. The lowest BCUT2D eigenvalue weighted by Crippen LogP contribution is -2.46. The number of nitrogens with zero attached hydrogens (tertiary/aromatic N) is 3. The molecule has 0 spiro atoms. The molecule has 1 aromatic heterocycles. The molecule has 2 aromatic rings. The van der Waals surface area contributed by atoms with Crippen molar-refractivity contribution >= 4 is 17.8 Å². The highest BCUT2D eigenvalue weighted by Gasteiger charge is 2.18. The van der Waals surface area contributed by atoms with E-state index in [2.05, 4.69) is 70.4 Å². The summed E-state index contributed by atoms with van der Waals surface area (Å²) in [4.78, 5) is 21.5. The highest BCUT2D eigenvalue weighted by Crippen LogP contribution is 2.15. The van der Waals surface area contributed by atoms with E-state index in [0.29, 0.717) is 18.0 Å². The molecule has 1 aromatic carbocycles. The molecule has 0 saturated carbocycles. The van der Waals surface area contributed by atoms with Gasteiger partial charge in [0.05, 0.1) is 0 Å². The van der Waals surface area contributed by atoms with Gasteiger partial charge in [0.1, 0.15) is 5.82 Å². The van der Waals surface area contributed by atoms with Crippen LogP contribution in [0.5, 0.6) is 0 Å². The Kier molecular flexibility index (Phi) is 7.20. The number of carbonyl (C=O) groups is 1. The molecule has 1 N–H and O–H groups in total. The van der Waals surface area contributed by atoms with Crippen molar-refractivity contribution < 1.29 is 4.79 Å². The zero-order chi connectivity index (χ0) is 19.8. The van der Waals surface area contributed by atoms with Crippen molar-refractivity contribution in [3.05, 3.63) is 65.9 Å². The molecule has 5 heteroatoms. The SMILES string of the molecule is CC(C)CNC(=O)c1ccnc(N2CCN(C/C=C/c3ccccc3)CC2)c1. The quantitative estimate of drug-likeness (QED) is 0.803. The maximum Gasteiger partial charge on any atom is 0.251 e. The van der Waals surface area contributed by atoms with Gasteiger partial charge in [-0.15, -0.1) is 0 Å². The lowest BCUT2D eigenvalue weighted by Gasteiger charge is -2.35. The second-order valence-electron chi connectivity index (χ2n) is 7.61. The standard InChI is InChI=1S/C23H30N4O/c1-19(2)18-25-23(28)21-10-11-24-22(17-21)27-15-13-26(14-16-27)12-6-9-20-7-4-3-5-8-20/h3-11,17,19H,12-16,18H2,1-2H3,(H,25,28)/b9-6+. The van der Waals surface area contributed by atoms with Crippen LogP contribution >= 0.6 is 0 Å². The molecule has 3 rings (SSSR count). The van der Waals surface area contributed by atoms with Crippen molar-refractivity contribution in [2.45, 2.75) is 13.8 Å². The molecule has 0 atom stereocenters. The molecular weight excluding hydrogens is 348 g/mol. The minimum atomic E-state index is -0.0259. The van der Waals surface area contributed by atoms with Crippen LogP contribution in [0, 0.1) is 5.92 Å². The first-order valence-corrected chi connectivity index (χ1v) is 10.0. The second kappa shape index (κ2) is 10.0. The number of hydrogen-bond donors (Lipinski definition) is 1. The van der Waals surface area contributed by atoms with Crippen molar-refractivity contribution in [3.63, 3.8) is 0 Å². The number of aromatic nitrogens is 1. The van der Waals surface area contributed by atoms with Crippen molar-refractivity contribution in [3.8, 4) is 0 Å². The van der Waals surface area contributed by atoms with Gasteiger partial charge in [-0.1, -0.05) is 56.3 Å². The Hall–Kier alpha value is -2.66. The molecular formula is C23H30N4O. The Balaban J connectivity index is 1.50. The minimum Gasteiger partial charge on any atom is -0.354 e. The zero-order valence-corrected chi connectivity index (χ0v) is 16.8. The summed E-state index contributed by atoms with van der Waals surface area (Å²) in [7, 11) is 0. The van der Waals surface area contributed by atoms with Gasteiger partial charge in [-0.2, -0.15) is 0 Å². The summed E-state index contributed by atoms with van der Waals surface area (Å²) in [5, 5.41) is 2.97. The Labute approximate surface area is 168 Å². The van der Waals surface area contributed by atoms with Crippen LogP contribution in [0.2, 0.25) is 0 Å². The van der Waals surface area contributed by atoms with Gasteiger partial charge in [-0.3, -0.25) is 9.69 Å². The number of benzene rings is 1. The van der Waals surface area contributed by atoms with Gasteiger partial charge in [0, 0.05) is 51.0 Å². The van der Waals surface area contributed by atoms with Crippen LogP contribution in [0.3, 0.4) is 0 Å². The normalized spacial score (nSPS) is 15.3. The Bertz CT molecular complexity index is 780. The van der Waals surface area contributed by atoms with Crippen LogP contribution in [0.1, 0.15) is 29.8 Å². The van der Waals surface area contributed by atoms with Crippen molar-refractivity contribution in [2.75, 3.05) is 44.2 Å². The van der Waals surface area contributed by atoms with E-state index in [0.717, 1.165) is 38.5 Å². The predicted octanol–water partition coefficient (Wildman–Crippen LogP) is 3.30. The lowest BCUT2D eigenvalue weighted by atomic mass is 10.2. The van der Waals surface area contributed by atoms with Crippen molar-refractivity contribution in [1.29, 1.82) is 0 Å². The van der Waals surface area contributed by atoms with Crippen LogP contribution in [0.4, 0.5) is 5.82 Å². The van der Waals surface area contributed by atoms with Crippen molar-refractivity contribution in [1.82, 2.24) is 15.2 Å². The third-order valence-corrected chi connectivity index (χ3v) is 4.85. The molecule has 0 unspecified atom stereocenters. The average Bonchev–Trinajstić information content (AvgIpc) is 2.73. The van der Waals surface area contributed by atoms with E-state index in [1.807, 2.05) is 12.1 Å². The number of piperazine rings is 1. The van der Waals surface area contributed by atoms with E-state index >= 15 is 0 Å². The van der Waals surface area contributed by atoms with Gasteiger partial charge in [0.15, 0.2) is 0 Å². The van der Waals surface area contributed by atoms with Crippen LogP contribution < -0.4 is 10.2 Å². The lowest BCUT2D eigenvalue weighted by molar-refractivity contribution is 0.0949. The van der Waals surface area contributed by atoms with Crippen molar-refractivity contribution in [2.24, 2.45) is 5.92 Å². The van der Waals surface area contributed by atoms with E-state index in [-0.39, 0.29) is 5.91 Å². The molecule has 148 valence electrons. The first kappa shape index (κ1) is 20.1. The van der Waals surface area contributed by atoms with Gasteiger partial charge in [0.25, 0.3) is 5.91 Å². The van der Waals surface area contributed by atoms with E-state index in [9.17, 15) is 4.79 Å².